The Kier molecular flexibility index (Phi) is 6.53. The van der Waals surface area contributed by atoms with Gasteiger partial charge in [-0.3, -0.25) is 0 Å². The van der Waals surface area contributed by atoms with Crippen LogP contribution in [0.2, 0.25) is 0 Å². The molecule has 5 aromatic rings. The van der Waals surface area contributed by atoms with Crippen molar-refractivity contribution in [1.29, 1.82) is 0 Å². The van der Waals surface area contributed by atoms with Crippen molar-refractivity contribution in [3.05, 3.63) is 121 Å². The minimum Gasteiger partial charge on any atom is -0.416 e. The van der Waals surface area contributed by atoms with Gasteiger partial charge in [0.15, 0.2) is 7.26 Å². The summed E-state index contributed by atoms with van der Waals surface area (Å²) in [5.74, 6) is 1.15. The maximum absolute atomic E-state index is 9.58. The molecule has 34 heavy (non-hydrogen) atoms. The van der Waals surface area contributed by atoms with Gasteiger partial charge in [-0.2, -0.15) is 4.98 Å². The summed E-state index contributed by atoms with van der Waals surface area (Å²) in [6.07, 6.45) is 0. The zero-order valence-electron chi connectivity index (χ0n) is 18.7. The zero-order valence-corrected chi connectivity index (χ0v) is 19.6. The van der Waals surface area contributed by atoms with E-state index in [0.29, 0.717) is 18.3 Å². The van der Waals surface area contributed by atoms with Crippen LogP contribution in [0.4, 0.5) is 5.88 Å². The van der Waals surface area contributed by atoms with Gasteiger partial charge < -0.3 is 14.8 Å². The Morgan fingerprint density at radius 1 is 0.647 bits per heavy atom. The lowest BCUT2D eigenvalue weighted by Gasteiger charge is -2.25. The molecule has 0 aliphatic heterocycles. The standard InChI is InChI=1S/C29H26N2O2P/c32-22-21-30-28-29(31-27(33-28)23-13-5-1-6-14-23)34(24-15-7-2-8-16-24,25-17-9-3-10-18-25)26-19-11-4-12-20-26/h1-20,30,32H,21-22H2/q+1. The summed E-state index contributed by atoms with van der Waals surface area (Å²) in [6, 6.07) is 41.6. The van der Waals surface area contributed by atoms with Gasteiger partial charge >= 0.3 is 0 Å². The third kappa shape index (κ3) is 4.03. The first kappa shape index (κ1) is 22.1. The van der Waals surface area contributed by atoms with Crippen LogP contribution in [0.5, 0.6) is 0 Å². The molecule has 0 radical (unpaired) electrons. The highest BCUT2D eigenvalue weighted by Gasteiger charge is 2.53. The van der Waals surface area contributed by atoms with Gasteiger partial charge in [-0.25, -0.2) is 0 Å². The van der Waals surface area contributed by atoms with E-state index in [-0.39, 0.29) is 6.61 Å². The highest BCUT2D eigenvalue weighted by molar-refractivity contribution is 8.01. The number of aliphatic hydroxyl groups is 1. The summed E-state index contributed by atoms with van der Waals surface area (Å²) in [6.45, 7) is 0.364. The lowest BCUT2D eigenvalue weighted by atomic mass is 10.2. The van der Waals surface area contributed by atoms with Crippen LogP contribution >= 0.6 is 7.26 Å². The Labute approximate surface area is 200 Å². The number of oxazole rings is 1. The molecule has 0 unspecified atom stereocenters. The molecule has 168 valence electrons. The van der Waals surface area contributed by atoms with Crippen molar-refractivity contribution in [3.8, 4) is 11.5 Å². The van der Waals surface area contributed by atoms with E-state index in [4.69, 9.17) is 9.40 Å². The molecule has 1 aromatic heterocycles. The molecule has 0 amide bonds. The first-order valence-electron chi connectivity index (χ1n) is 11.3. The molecule has 0 saturated carbocycles. The molecule has 4 aromatic carbocycles. The summed E-state index contributed by atoms with van der Waals surface area (Å²) in [5, 5.41) is 16.5. The molecule has 4 nitrogen and oxygen atoms in total. The predicted octanol–water partition coefficient (Wildman–Crippen LogP) is 4.37. The normalized spacial score (nSPS) is 11.3. The summed E-state index contributed by atoms with van der Waals surface area (Å²) < 4.78 is 6.37. The number of rotatable bonds is 8. The largest absolute Gasteiger partial charge is 0.416 e. The van der Waals surface area contributed by atoms with E-state index >= 15 is 0 Å². The molecule has 2 N–H and O–H groups in total. The topological polar surface area (TPSA) is 58.3 Å². The van der Waals surface area contributed by atoms with Crippen molar-refractivity contribution >= 4 is 34.5 Å². The van der Waals surface area contributed by atoms with Crippen molar-refractivity contribution in [2.45, 2.75) is 0 Å². The van der Waals surface area contributed by atoms with Crippen molar-refractivity contribution < 1.29 is 9.52 Å². The Hall–Kier alpha value is -3.72. The third-order valence-corrected chi connectivity index (χ3v) is 9.93. The third-order valence-electron chi connectivity index (χ3n) is 5.78. The number of aliphatic hydroxyl groups excluding tert-OH is 1. The molecular formula is C29H26N2O2P+. The monoisotopic (exact) mass is 465 g/mol. The van der Waals surface area contributed by atoms with Crippen LogP contribution in [0.15, 0.2) is 126 Å². The predicted molar refractivity (Wildman–Crippen MR) is 142 cm³/mol. The molecule has 0 atom stereocenters. The molecule has 0 aliphatic rings. The van der Waals surface area contributed by atoms with Crippen LogP contribution in [-0.4, -0.2) is 23.2 Å². The number of nitrogens with zero attached hydrogens (tertiary/aromatic N) is 1. The van der Waals surface area contributed by atoms with E-state index in [1.165, 1.54) is 15.9 Å². The summed E-state index contributed by atoms with van der Waals surface area (Å²) >= 11 is 0. The highest BCUT2D eigenvalue weighted by Crippen LogP contribution is 2.55. The second kappa shape index (κ2) is 10.0. The molecular weight excluding hydrogens is 439 g/mol. The van der Waals surface area contributed by atoms with Crippen LogP contribution in [0, 0.1) is 0 Å². The Balaban J connectivity index is 1.87. The first-order valence-corrected chi connectivity index (χ1v) is 13.1. The number of anilines is 1. The maximum atomic E-state index is 9.58. The minimum atomic E-state index is -2.43. The van der Waals surface area contributed by atoms with Crippen molar-refractivity contribution in [2.24, 2.45) is 0 Å². The van der Waals surface area contributed by atoms with E-state index < -0.39 is 7.26 Å². The van der Waals surface area contributed by atoms with Gasteiger partial charge in [-0.05, 0) is 48.5 Å². The number of aromatic nitrogens is 1. The molecule has 0 bridgehead atoms. The first-order chi connectivity index (χ1) is 16.8. The second-order valence-corrected chi connectivity index (χ2v) is 11.2. The average Bonchev–Trinajstić information content (AvgIpc) is 3.35. The fourth-order valence-corrected chi connectivity index (χ4v) is 8.45. The fourth-order valence-electron chi connectivity index (χ4n) is 4.30. The van der Waals surface area contributed by atoms with E-state index in [1.54, 1.807) is 0 Å². The molecule has 0 aliphatic carbocycles. The Morgan fingerprint density at radius 3 is 1.53 bits per heavy atom. The van der Waals surface area contributed by atoms with Crippen molar-refractivity contribution in [2.75, 3.05) is 18.5 Å². The van der Waals surface area contributed by atoms with E-state index in [9.17, 15) is 5.11 Å². The summed E-state index contributed by atoms with van der Waals surface area (Å²) in [7, 11) is -2.43. The van der Waals surface area contributed by atoms with E-state index in [0.717, 1.165) is 11.0 Å². The summed E-state index contributed by atoms with van der Waals surface area (Å²) in [4.78, 5) is 5.17. The lowest BCUT2D eigenvalue weighted by molar-refractivity contribution is 0.310. The van der Waals surface area contributed by atoms with Crippen molar-refractivity contribution in [3.63, 3.8) is 0 Å². The second-order valence-electron chi connectivity index (χ2n) is 7.87. The quantitative estimate of drug-likeness (QED) is 0.334. The van der Waals surface area contributed by atoms with Crippen LogP contribution < -0.4 is 26.7 Å². The molecule has 1 heterocycles. The van der Waals surface area contributed by atoms with E-state index in [1.807, 2.05) is 48.5 Å². The number of hydrogen-bond donors (Lipinski definition) is 2. The van der Waals surface area contributed by atoms with Crippen LogP contribution in [0.1, 0.15) is 0 Å². The summed E-state index contributed by atoms with van der Waals surface area (Å²) in [5.41, 5.74) is 1.77. The van der Waals surface area contributed by atoms with Crippen LogP contribution in [0.3, 0.4) is 0 Å². The van der Waals surface area contributed by atoms with Gasteiger partial charge in [0, 0.05) is 12.1 Å². The van der Waals surface area contributed by atoms with Gasteiger partial charge in [0.1, 0.15) is 15.9 Å². The Morgan fingerprint density at radius 2 is 1.09 bits per heavy atom. The average molecular weight is 466 g/mol. The lowest BCUT2D eigenvalue weighted by Crippen LogP contribution is -2.40. The minimum absolute atomic E-state index is 0.00569. The fraction of sp³-hybridized carbons (Fsp3) is 0.0690. The van der Waals surface area contributed by atoms with Gasteiger partial charge in [0.2, 0.25) is 5.89 Å². The van der Waals surface area contributed by atoms with Crippen LogP contribution in [-0.2, 0) is 0 Å². The van der Waals surface area contributed by atoms with Crippen LogP contribution in [0.25, 0.3) is 11.5 Å². The van der Waals surface area contributed by atoms with Gasteiger partial charge in [0.05, 0.1) is 6.61 Å². The molecule has 5 rings (SSSR count). The molecule has 0 fully saturated rings. The smallest absolute Gasteiger partial charge is 0.261 e. The maximum Gasteiger partial charge on any atom is 0.261 e. The molecule has 0 saturated heterocycles. The highest BCUT2D eigenvalue weighted by atomic mass is 31.2. The van der Waals surface area contributed by atoms with Gasteiger partial charge in [-0.1, -0.05) is 72.8 Å². The van der Waals surface area contributed by atoms with Crippen molar-refractivity contribution in [1.82, 2.24) is 4.98 Å². The SMILES string of the molecule is OCCNc1oc(-c2ccccc2)nc1[P+](c1ccccc1)(c1ccccc1)c1ccccc1. The van der Waals surface area contributed by atoms with Gasteiger partial charge in [-0.15, -0.1) is 0 Å². The van der Waals surface area contributed by atoms with Gasteiger partial charge in [0.25, 0.3) is 11.3 Å². The zero-order chi connectivity index (χ0) is 23.2. The van der Waals surface area contributed by atoms with E-state index in [2.05, 4.69) is 78.1 Å². The number of benzene rings is 4. The number of hydrogen-bond acceptors (Lipinski definition) is 4. The Bertz CT molecular complexity index is 1230. The number of nitrogens with one attached hydrogen (secondary N) is 1. The molecule has 5 heteroatoms. The molecule has 0 spiro atoms.